The van der Waals surface area contributed by atoms with Gasteiger partial charge in [-0.05, 0) is 30.7 Å². The number of pyridine rings is 1. The second-order valence-corrected chi connectivity index (χ2v) is 4.69. The fraction of sp³-hybridized carbons (Fsp3) is 0.250. The molecule has 0 radical (unpaired) electrons. The van der Waals surface area contributed by atoms with Crippen molar-refractivity contribution in [2.24, 2.45) is 0 Å². The number of hydrogen-bond donors (Lipinski definition) is 1. The molecule has 5 nitrogen and oxygen atoms in total. The van der Waals surface area contributed by atoms with Crippen molar-refractivity contribution in [2.45, 2.75) is 13.3 Å². The Kier molecular flexibility index (Phi) is 4.42. The van der Waals surface area contributed by atoms with E-state index >= 15 is 0 Å². The molecule has 110 valence electrons. The van der Waals surface area contributed by atoms with Crippen molar-refractivity contribution in [2.75, 3.05) is 24.8 Å². The maximum absolute atomic E-state index is 12.6. The van der Waals surface area contributed by atoms with Crippen molar-refractivity contribution in [3.8, 4) is 5.75 Å². The Balaban J connectivity index is 2.32. The number of hydrogen-bond acceptors (Lipinski definition) is 4. The minimum absolute atomic E-state index is 0.132. The summed E-state index contributed by atoms with van der Waals surface area (Å²) in [6.45, 7) is 1.97. The molecule has 1 amide bonds. The highest BCUT2D eigenvalue weighted by atomic mass is 16.5. The number of nitrogens with two attached hydrogens (primary N) is 1. The number of rotatable bonds is 4. The van der Waals surface area contributed by atoms with E-state index in [9.17, 15) is 4.79 Å². The Bertz CT molecular complexity index is 656. The number of anilines is 2. The Morgan fingerprint density at radius 3 is 2.76 bits per heavy atom. The summed E-state index contributed by atoms with van der Waals surface area (Å²) < 4.78 is 5.18. The molecule has 2 rings (SSSR count). The minimum Gasteiger partial charge on any atom is -0.497 e. The lowest BCUT2D eigenvalue weighted by molar-refractivity contribution is 0.0993. The van der Waals surface area contributed by atoms with E-state index in [-0.39, 0.29) is 5.91 Å². The normalized spacial score (nSPS) is 10.2. The Labute approximate surface area is 124 Å². The number of nitrogens with zero attached hydrogens (tertiary/aromatic N) is 2. The molecule has 0 aliphatic rings. The zero-order valence-corrected chi connectivity index (χ0v) is 12.5. The van der Waals surface area contributed by atoms with Gasteiger partial charge in [0.1, 0.15) is 11.6 Å². The first-order valence-corrected chi connectivity index (χ1v) is 6.73. The van der Waals surface area contributed by atoms with Crippen LogP contribution in [-0.4, -0.2) is 25.0 Å². The number of nitrogen functional groups attached to an aromatic ring is 1. The molecule has 0 unspecified atom stereocenters. The third kappa shape index (κ3) is 3.31. The Morgan fingerprint density at radius 1 is 1.33 bits per heavy atom. The number of benzene rings is 1. The van der Waals surface area contributed by atoms with Gasteiger partial charge in [0, 0.05) is 30.1 Å². The van der Waals surface area contributed by atoms with E-state index in [0.717, 1.165) is 17.8 Å². The molecule has 1 heterocycles. The molecule has 0 saturated heterocycles. The predicted octanol–water partition coefficient (Wildman–Crippen LogP) is 2.51. The summed E-state index contributed by atoms with van der Waals surface area (Å²) in [5, 5.41) is 0. The Hall–Kier alpha value is -2.56. The third-order valence-corrected chi connectivity index (χ3v) is 3.25. The summed E-state index contributed by atoms with van der Waals surface area (Å²) >= 11 is 0. The highest BCUT2D eigenvalue weighted by molar-refractivity contribution is 6.06. The Morgan fingerprint density at radius 2 is 2.10 bits per heavy atom. The van der Waals surface area contributed by atoms with Crippen LogP contribution in [0, 0.1) is 0 Å². The first-order chi connectivity index (χ1) is 10.0. The third-order valence-electron chi connectivity index (χ3n) is 3.25. The number of aryl methyl sites for hydroxylation is 1. The van der Waals surface area contributed by atoms with Gasteiger partial charge in [-0.2, -0.15) is 0 Å². The fourth-order valence-electron chi connectivity index (χ4n) is 2.05. The molecule has 0 bridgehead atoms. The van der Waals surface area contributed by atoms with Gasteiger partial charge in [-0.15, -0.1) is 0 Å². The summed E-state index contributed by atoms with van der Waals surface area (Å²) in [6, 6.07) is 10.7. The quantitative estimate of drug-likeness (QED) is 0.937. The molecule has 1 aromatic carbocycles. The van der Waals surface area contributed by atoms with Crippen molar-refractivity contribution in [3.05, 3.63) is 47.7 Å². The van der Waals surface area contributed by atoms with Crippen molar-refractivity contribution in [3.63, 3.8) is 0 Å². The summed E-state index contributed by atoms with van der Waals surface area (Å²) in [5.74, 6) is 0.930. The second kappa shape index (κ2) is 6.26. The van der Waals surface area contributed by atoms with Crippen molar-refractivity contribution in [1.29, 1.82) is 0 Å². The van der Waals surface area contributed by atoms with Crippen molar-refractivity contribution >= 4 is 17.4 Å². The van der Waals surface area contributed by atoms with E-state index in [2.05, 4.69) is 4.98 Å². The van der Waals surface area contributed by atoms with Gasteiger partial charge in [0.15, 0.2) is 0 Å². The number of methoxy groups -OCH3 is 1. The number of aromatic nitrogens is 1. The molecular formula is C16H19N3O2. The van der Waals surface area contributed by atoms with Crippen LogP contribution in [0.25, 0.3) is 0 Å². The van der Waals surface area contributed by atoms with Gasteiger partial charge in [0.05, 0.1) is 7.11 Å². The molecule has 1 aromatic heterocycles. The van der Waals surface area contributed by atoms with Crippen LogP contribution in [0.5, 0.6) is 5.75 Å². The molecule has 0 fully saturated rings. The van der Waals surface area contributed by atoms with E-state index in [1.807, 2.05) is 31.2 Å². The van der Waals surface area contributed by atoms with Gasteiger partial charge in [0.2, 0.25) is 0 Å². The van der Waals surface area contributed by atoms with Crippen LogP contribution in [0.3, 0.4) is 0 Å². The number of ether oxygens (including phenoxy) is 1. The molecule has 2 aromatic rings. The smallest absolute Gasteiger partial charge is 0.258 e. The average Bonchev–Trinajstić information content (AvgIpc) is 2.52. The van der Waals surface area contributed by atoms with Crippen LogP contribution in [0.2, 0.25) is 0 Å². The SMILES string of the molecule is CCc1cc(C(=O)N(C)c2cccc(OC)c2)cc(N)n1. The monoisotopic (exact) mass is 285 g/mol. The van der Waals surface area contributed by atoms with E-state index < -0.39 is 0 Å². The van der Waals surface area contributed by atoms with Gasteiger partial charge >= 0.3 is 0 Å². The maximum Gasteiger partial charge on any atom is 0.258 e. The first kappa shape index (κ1) is 14.8. The van der Waals surface area contributed by atoms with Gasteiger partial charge in [-0.1, -0.05) is 13.0 Å². The van der Waals surface area contributed by atoms with Crippen molar-refractivity contribution < 1.29 is 9.53 Å². The summed E-state index contributed by atoms with van der Waals surface area (Å²) in [7, 11) is 3.32. The zero-order chi connectivity index (χ0) is 15.4. The highest BCUT2D eigenvalue weighted by Gasteiger charge is 2.15. The van der Waals surface area contributed by atoms with Gasteiger partial charge < -0.3 is 15.4 Å². The lowest BCUT2D eigenvalue weighted by Crippen LogP contribution is -2.26. The molecule has 0 aliphatic carbocycles. The summed E-state index contributed by atoms with van der Waals surface area (Å²) in [6.07, 6.45) is 0.730. The number of amides is 1. The van der Waals surface area contributed by atoms with E-state index in [1.165, 1.54) is 0 Å². The predicted molar refractivity (Wildman–Crippen MR) is 83.8 cm³/mol. The van der Waals surface area contributed by atoms with Crippen LogP contribution in [0.4, 0.5) is 11.5 Å². The van der Waals surface area contributed by atoms with E-state index in [1.54, 1.807) is 31.2 Å². The van der Waals surface area contributed by atoms with E-state index in [0.29, 0.717) is 17.1 Å². The van der Waals surface area contributed by atoms with Crippen molar-refractivity contribution in [1.82, 2.24) is 4.98 Å². The second-order valence-electron chi connectivity index (χ2n) is 4.69. The van der Waals surface area contributed by atoms with Gasteiger partial charge in [-0.3, -0.25) is 4.79 Å². The van der Waals surface area contributed by atoms with E-state index in [4.69, 9.17) is 10.5 Å². The molecule has 5 heteroatoms. The topological polar surface area (TPSA) is 68.5 Å². The standard InChI is InChI=1S/C16H19N3O2/c1-4-12-8-11(9-15(17)18-12)16(20)19(2)13-6-5-7-14(10-13)21-3/h5-10H,4H2,1-3H3,(H2,17,18). The van der Waals surface area contributed by atoms with Crippen LogP contribution in [-0.2, 0) is 6.42 Å². The zero-order valence-electron chi connectivity index (χ0n) is 12.5. The molecule has 0 atom stereocenters. The fourth-order valence-corrected chi connectivity index (χ4v) is 2.05. The van der Waals surface area contributed by atoms with Crippen LogP contribution >= 0.6 is 0 Å². The first-order valence-electron chi connectivity index (χ1n) is 6.73. The summed E-state index contributed by atoms with van der Waals surface area (Å²) in [4.78, 5) is 18.3. The molecule has 2 N–H and O–H groups in total. The maximum atomic E-state index is 12.6. The largest absolute Gasteiger partial charge is 0.497 e. The van der Waals surface area contributed by atoms with Crippen LogP contribution in [0.15, 0.2) is 36.4 Å². The number of carbonyl (C=O) groups excluding carboxylic acids is 1. The summed E-state index contributed by atoms with van der Waals surface area (Å²) in [5.41, 5.74) is 7.85. The molecular weight excluding hydrogens is 266 g/mol. The molecule has 0 saturated carbocycles. The number of carbonyl (C=O) groups is 1. The lowest BCUT2D eigenvalue weighted by Gasteiger charge is -2.18. The van der Waals surface area contributed by atoms with Gasteiger partial charge in [-0.25, -0.2) is 4.98 Å². The molecule has 0 aliphatic heterocycles. The molecule has 21 heavy (non-hydrogen) atoms. The van der Waals surface area contributed by atoms with Gasteiger partial charge in [0.25, 0.3) is 5.91 Å². The average molecular weight is 285 g/mol. The van der Waals surface area contributed by atoms with Crippen LogP contribution in [0.1, 0.15) is 23.0 Å². The molecule has 0 spiro atoms. The minimum atomic E-state index is -0.132. The highest BCUT2D eigenvalue weighted by Crippen LogP contribution is 2.22. The lowest BCUT2D eigenvalue weighted by atomic mass is 10.1. The van der Waals surface area contributed by atoms with Crippen LogP contribution < -0.4 is 15.4 Å².